The Morgan fingerprint density at radius 3 is 2.74 bits per heavy atom. The fraction of sp³-hybridized carbons (Fsp3) is 0.500. The van der Waals surface area contributed by atoms with E-state index in [1.165, 1.54) is 7.05 Å². The van der Waals surface area contributed by atoms with Gasteiger partial charge in [0.2, 0.25) is 10.0 Å². The summed E-state index contributed by atoms with van der Waals surface area (Å²) in [5, 5.41) is 3.02. The van der Waals surface area contributed by atoms with Crippen molar-refractivity contribution in [2.45, 2.75) is 13.3 Å². The molecule has 0 bridgehead atoms. The smallest absolute Gasteiger partial charge is 0.213 e. The van der Waals surface area contributed by atoms with Crippen molar-refractivity contribution in [1.29, 1.82) is 0 Å². The number of benzene rings is 1. The third-order valence-electron chi connectivity index (χ3n) is 2.49. The van der Waals surface area contributed by atoms with E-state index in [9.17, 15) is 8.42 Å². The molecule has 0 spiro atoms. The van der Waals surface area contributed by atoms with Gasteiger partial charge in [-0.3, -0.25) is 0 Å². The van der Waals surface area contributed by atoms with Gasteiger partial charge in [-0.1, -0.05) is 6.92 Å². The van der Waals surface area contributed by atoms with Crippen molar-refractivity contribution in [1.82, 2.24) is 4.72 Å². The van der Waals surface area contributed by atoms with Gasteiger partial charge in [0.1, 0.15) is 5.75 Å². The molecule has 1 rings (SSSR count). The van der Waals surface area contributed by atoms with Crippen molar-refractivity contribution < 1.29 is 13.2 Å². The molecule has 0 amide bonds. The number of hydrogen-bond acceptors (Lipinski definition) is 5. The highest BCUT2D eigenvalue weighted by Crippen LogP contribution is 2.25. The molecule has 108 valence electrons. The Hall–Kier alpha value is -1.47. The Morgan fingerprint density at radius 2 is 2.11 bits per heavy atom. The lowest BCUT2D eigenvalue weighted by Gasteiger charge is -2.11. The van der Waals surface area contributed by atoms with Crippen LogP contribution in [0.4, 0.5) is 11.4 Å². The highest BCUT2D eigenvalue weighted by atomic mass is 32.2. The summed E-state index contributed by atoms with van der Waals surface area (Å²) in [5.41, 5.74) is 7.15. The lowest BCUT2D eigenvalue weighted by atomic mass is 10.2. The Kier molecular flexibility index (Phi) is 5.91. The molecule has 1 aromatic rings. The maximum atomic E-state index is 11.3. The zero-order valence-corrected chi connectivity index (χ0v) is 12.1. The first-order chi connectivity index (χ1) is 8.98. The molecular formula is C12H21N3O3S. The summed E-state index contributed by atoms with van der Waals surface area (Å²) in [4.78, 5) is 0. The van der Waals surface area contributed by atoms with Gasteiger partial charge in [0.25, 0.3) is 0 Å². The topological polar surface area (TPSA) is 93.4 Å². The number of nitrogens with one attached hydrogen (secondary N) is 2. The van der Waals surface area contributed by atoms with Crippen molar-refractivity contribution in [3.05, 3.63) is 18.2 Å². The van der Waals surface area contributed by atoms with E-state index >= 15 is 0 Å². The maximum Gasteiger partial charge on any atom is 0.213 e. The van der Waals surface area contributed by atoms with Gasteiger partial charge in [0.15, 0.2) is 0 Å². The average molecular weight is 287 g/mol. The molecule has 0 fully saturated rings. The van der Waals surface area contributed by atoms with Crippen molar-refractivity contribution >= 4 is 21.4 Å². The van der Waals surface area contributed by atoms with Gasteiger partial charge in [0, 0.05) is 18.3 Å². The normalized spacial score (nSPS) is 11.3. The molecule has 0 radical (unpaired) electrons. The molecule has 0 saturated carbocycles. The lowest BCUT2D eigenvalue weighted by molar-refractivity contribution is 0.319. The highest BCUT2D eigenvalue weighted by Gasteiger charge is 2.07. The van der Waals surface area contributed by atoms with Crippen molar-refractivity contribution in [3.8, 4) is 5.75 Å². The van der Waals surface area contributed by atoms with Gasteiger partial charge >= 0.3 is 0 Å². The highest BCUT2D eigenvalue weighted by molar-refractivity contribution is 7.89. The van der Waals surface area contributed by atoms with Crippen LogP contribution in [-0.4, -0.2) is 34.4 Å². The second-order valence-electron chi connectivity index (χ2n) is 4.05. The molecule has 0 aromatic heterocycles. The zero-order chi connectivity index (χ0) is 14.3. The monoisotopic (exact) mass is 287 g/mol. The largest absolute Gasteiger partial charge is 0.491 e. The number of hydrogen-bond donors (Lipinski definition) is 3. The second kappa shape index (κ2) is 7.20. The molecule has 4 N–H and O–H groups in total. The third kappa shape index (κ3) is 5.35. The molecule has 0 unspecified atom stereocenters. The first kappa shape index (κ1) is 15.6. The number of nitrogen functional groups attached to an aromatic ring is 1. The molecule has 0 aliphatic carbocycles. The molecule has 0 aliphatic heterocycles. The number of nitrogens with two attached hydrogens (primary N) is 1. The minimum atomic E-state index is -3.19. The van der Waals surface area contributed by atoms with Crippen LogP contribution in [0.15, 0.2) is 18.2 Å². The Morgan fingerprint density at radius 1 is 1.37 bits per heavy atom. The zero-order valence-electron chi connectivity index (χ0n) is 11.3. The Balaban J connectivity index is 2.59. The van der Waals surface area contributed by atoms with Crippen LogP contribution in [0, 0.1) is 0 Å². The van der Waals surface area contributed by atoms with Gasteiger partial charge in [-0.05, 0) is 25.6 Å². The van der Waals surface area contributed by atoms with E-state index in [1.807, 2.05) is 6.92 Å². The molecule has 19 heavy (non-hydrogen) atoms. The van der Waals surface area contributed by atoms with Crippen LogP contribution < -0.4 is 20.5 Å². The van der Waals surface area contributed by atoms with Crippen molar-refractivity contribution in [3.63, 3.8) is 0 Å². The van der Waals surface area contributed by atoms with E-state index in [4.69, 9.17) is 10.5 Å². The van der Waals surface area contributed by atoms with E-state index < -0.39 is 10.0 Å². The molecular weight excluding hydrogens is 266 g/mol. The molecule has 0 aliphatic rings. The van der Waals surface area contributed by atoms with Gasteiger partial charge in [-0.2, -0.15) is 0 Å². The average Bonchev–Trinajstić information content (AvgIpc) is 2.39. The summed E-state index contributed by atoms with van der Waals surface area (Å²) in [6.07, 6.45) is 0.900. The minimum Gasteiger partial charge on any atom is -0.491 e. The van der Waals surface area contributed by atoms with Crippen LogP contribution >= 0.6 is 0 Å². The van der Waals surface area contributed by atoms with E-state index in [-0.39, 0.29) is 5.75 Å². The summed E-state index contributed by atoms with van der Waals surface area (Å²) in [7, 11) is -1.79. The SMILES string of the molecule is CCCOc1cc(NCCS(=O)(=O)NC)ccc1N. The number of rotatable bonds is 8. The van der Waals surface area contributed by atoms with Crippen molar-refractivity contribution in [2.24, 2.45) is 0 Å². The summed E-state index contributed by atoms with van der Waals surface area (Å²) in [6, 6.07) is 5.30. The van der Waals surface area contributed by atoms with Gasteiger partial charge < -0.3 is 15.8 Å². The van der Waals surface area contributed by atoms with E-state index in [0.29, 0.717) is 24.6 Å². The van der Waals surface area contributed by atoms with Crippen LogP contribution in [0.2, 0.25) is 0 Å². The Bertz CT molecular complexity index is 503. The van der Waals surface area contributed by atoms with Gasteiger partial charge in [-0.15, -0.1) is 0 Å². The molecule has 7 heteroatoms. The van der Waals surface area contributed by atoms with E-state index in [0.717, 1.165) is 12.1 Å². The Labute approximate surface area is 114 Å². The van der Waals surface area contributed by atoms with Crippen LogP contribution in [0.5, 0.6) is 5.75 Å². The number of ether oxygens (including phenoxy) is 1. The first-order valence-corrected chi connectivity index (χ1v) is 7.81. The molecule has 0 atom stereocenters. The summed E-state index contributed by atoms with van der Waals surface area (Å²) < 4.78 is 30.3. The summed E-state index contributed by atoms with van der Waals surface area (Å²) in [5.74, 6) is 0.627. The molecule has 6 nitrogen and oxygen atoms in total. The van der Waals surface area contributed by atoms with Crippen LogP contribution in [0.25, 0.3) is 0 Å². The fourth-order valence-electron chi connectivity index (χ4n) is 1.41. The third-order valence-corrected chi connectivity index (χ3v) is 3.85. The molecule has 0 heterocycles. The molecule has 1 aromatic carbocycles. The van der Waals surface area contributed by atoms with Crippen molar-refractivity contribution in [2.75, 3.05) is 37.0 Å². The standard InChI is InChI=1S/C12H21N3O3S/c1-3-7-18-12-9-10(4-5-11(12)13)15-6-8-19(16,17)14-2/h4-5,9,14-15H,3,6-8,13H2,1-2H3. The van der Waals surface area contributed by atoms with Crippen LogP contribution in [0.3, 0.4) is 0 Å². The predicted octanol–water partition coefficient (Wildman–Crippen LogP) is 1.02. The fourth-order valence-corrected chi connectivity index (χ4v) is 1.99. The maximum absolute atomic E-state index is 11.3. The minimum absolute atomic E-state index is 0.0129. The number of sulfonamides is 1. The second-order valence-corrected chi connectivity index (χ2v) is 6.10. The summed E-state index contributed by atoms with van der Waals surface area (Å²) in [6.45, 7) is 2.93. The van der Waals surface area contributed by atoms with E-state index in [1.54, 1.807) is 18.2 Å². The molecule has 0 saturated heterocycles. The van der Waals surface area contributed by atoms with E-state index in [2.05, 4.69) is 10.0 Å². The van der Waals surface area contributed by atoms with Crippen LogP contribution in [0.1, 0.15) is 13.3 Å². The first-order valence-electron chi connectivity index (χ1n) is 6.16. The quantitative estimate of drug-likeness (QED) is 0.621. The summed E-state index contributed by atoms with van der Waals surface area (Å²) >= 11 is 0. The predicted molar refractivity (Wildman–Crippen MR) is 78.0 cm³/mol. The van der Waals surface area contributed by atoms with Gasteiger partial charge in [-0.25, -0.2) is 13.1 Å². The lowest BCUT2D eigenvalue weighted by Crippen LogP contribution is -2.26. The van der Waals surface area contributed by atoms with Crippen LogP contribution in [-0.2, 0) is 10.0 Å². The number of anilines is 2. The van der Waals surface area contributed by atoms with Gasteiger partial charge in [0.05, 0.1) is 18.0 Å².